The van der Waals surface area contributed by atoms with Crippen LogP contribution < -0.4 is 15.5 Å². The van der Waals surface area contributed by atoms with Gasteiger partial charge in [0.15, 0.2) is 0 Å². The minimum atomic E-state index is -0.867. The van der Waals surface area contributed by atoms with Crippen molar-refractivity contribution in [1.29, 1.82) is 5.26 Å². The standard InChI is InChI=1S/C11H10N4O3/c1-18-9-4-2-8(3-5-9)14-15-10(6-12)11(17)13-7-16/h2-5,7,14H,1H3,(H,13,16,17)/b15-10+. The number of methoxy groups -OCH3 is 1. The minimum absolute atomic E-state index is 0.183. The highest BCUT2D eigenvalue weighted by molar-refractivity contribution is 6.46. The Morgan fingerprint density at radius 2 is 2.11 bits per heavy atom. The van der Waals surface area contributed by atoms with E-state index in [0.29, 0.717) is 11.4 Å². The Labute approximate surface area is 103 Å². The van der Waals surface area contributed by atoms with Crippen LogP contribution in [0.5, 0.6) is 5.75 Å². The number of hydrazone groups is 1. The summed E-state index contributed by atoms with van der Waals surface area (Å²) in [6.45, 7) is 0. The summed E-state index contributed by atoms with van der Waals surface area (Å²) in [7, 11) is 1.54. The lowest BCUT2D eigenvalue weighted by Gasteiger charge is -2.02. The molecular formula is C11H10N4O3. The summed E-state index contributed by atoms with van der Waals surface area (Å²) in [4.78, 5) is 21.2. The molecule has 0 bridgehead atoms. The second-order valence-electron chi connectivity index (χ2n) is 3.00. The summed E-state index contributed by atoms with van der Waals surface area (Å²) >= 11 is 0. The Balaban J connectivity index is 2.74. The van der Waals surface area contributed by atoms with Gasteiger partial charge in [0.1, 0.15) is 11.8 Å². The maximum atomic E-state index is 11.1. The topological polar surface area (TPSA) is 104 Å². The molecule has 92 valence electrons. The maximum Gasteiger partial charge on any atom is 0.288 e. The van der Waals surface area contributed by atoms with Gasteiger partial charge >= 0.3 is 0 Å². The quantitative estimate of drug-likeness (QED) is 0.440. The van der Waals surface area contributed by atoms with Gasteiger partial charge in [-0.15, -0.1) is 0 Å². The number of benzene rings is 1. The van der Waals surface area contributed by atoms with E-state index in [0.717, 1.165) is 0 Å². The van der Waals surface area contributed by atoms with Gasteiger partial charge < -0.3 is 4.74 Å². The summed E-state index contributed by atoms with van der Waals surface area (Å²) in [5.41, 5.74) is 2.64. The van der Waals surface area contributed by atoms with E-state index >= 15 is 0 Å². The molecule has 0 aromatic heterocycles. The molecule has 0 fully saturated rings. The zero-order valence-corrected chi connectivity index (χ0v) is 9.51. The number of nitriles is 1. The van der Waals surface area contributed by atoms with Gasteiger partial charge in [-0.25, -0.2) is 0 Å². The Kier molecular flexibility index (Phi) is 4.87. The second-order valence-corrected chi connectivity index (χ2v) is 3.00. The van der Waals surface area contributed by atoms with Gasteiger partial charge in [0.25, 0.3) is 5.91 Å². The van der Waals surface area contributed by atoms with Crippen LogP contribution >= 0.6 is 0 Å². The summed E-state index contributed by atoms with van der Waals surface area (Å²) < 4.78 is 4.97. The summed E-state index contributed by atoms with van der Waals surface area (Å²) in [6, 6.07) is 8.27. The van der Waals surface area contributed by atoms with Crippen LogP contribution in [0, 0.1) is 11.3 Å². The molecule has 0 aliphatic carbocycles. The smallest absolute Gasteiger partial charge is 0.288 e. The fourth-order valence-electron chi connectivity index (χ4n) is 1.03. The predicted octanol–water partition coefficient (Wildman–Crippen LogP) is 0.259. The molecule has 1 rings (SSSR count). The molecule has 1 aromatic carbocycles. The van der Waals surface area contributed by atoms with Crippen LogP contribution in [0.1, 0.15) is 0 Å². The first-order valence-electron chi connectivity index (χ1n) is 4.83. The van der Waals surface area contributed by atoms with E-state index in [2.05, 4.69) is 10.5 Å². The van der Waals surface area contributed by atoms with E-state index < -0.39 is 11.6 Å². The van der Waals surface area contributed by atoms with E-state index in [1.807, 2.05) is 5.32 Å². The Bertz CT molecular complexity index is 502. The lowest BCUT2D eigenvalue weighted by atomic mass is 10.3. The molecule has 0 spiro atoms. The predicted molar refractivity (Wildman–Crippen MR) is 63.9 cm³/mol. The molecule has 7 heteroatoms. The lowest BCUT2D eigenvalue weighted by Crippen LogP contribution is -2.29. The van der Waals surface area contributed by atoms with Crippen molar-refractivity contribution >= 4 is 23.7 Å². The third kappa shape index (κ3) is 3.61. The number of imide groups is 1. The number of nitrogens with one attached hydrogen (secondary N) is 2. The molecule has 0 saturated carbocycles. The first kappa shape index (κ1) is 13.2. The lowest BCUT2D eigenvalue weighted by molar-refractivity contribution is -0.120. The van der Waals surface area contributed by atoms with Gasteiger partial charge in [0, 0.05) is 0 Å². The first-order valence-corrected chi connectivity index (χ1v) is 4.83. The maximum absolute atomic E-state index is 11.1. The molecule has 1 aromatic rings. The Morgan fingerprint density at radius 3 is 2.61 bits per heavy atom. The minimum Gasteiger partial charge on any atom is -0.497 e. The van der Waals surface area contributed by atoms with Crippen molar-refractivity contribution in [1.82, 2.24) is 5.32 Å². The number of ether oxygens (including phenoxy) is 1. The highest BCUT2D eigenvalue weighted by Crippen LogP contribution is 2.14. The highest BCUT2D eigenvalue weighted by atomic mass is 16.5. The number of anilines is 1. The molecule has 0 atom stereocenters. The van der Waals surface area contributed by atoms with Gasteiger partial charge in [-0.3, -0.25) is 20.3 Å². The van der Waals surface area contributed by atoms with Crippen molar-refractivity contribution in [2.24, 2.45) is 5.10 Å². The van der Waals surface area contributed by atoms with Gasteiger partial charge in [-0.2, -0.15) is 10.4 Å². The third-order valence-electron chi connectivity index (χ3n) is 1.90. The SMILES string of the molecule is COc1ccc(N/N=C(\C#N)C(=O)NC=O)cc1. The zero-order chi connectivity index (χ0) is 13.4. The van der Waals surface area contributed by atoms with Crippen LogP contribution in [-0.2, 0) is 9.59 Å². The number of carbonyl (C=O) groups is 2. The molecule has 18 heavy (non-hydrogen) atoms. The van der Waals surface area contributed by atoms with Gasteiger partial charge in [0.05, 0.1) is 12.8 Å². The fraction of sp³-hybridized carbons (Fsp3) is 0.0909. The molecule has 0 saturated heterocycles. The normalized spacial score (nSPS) is 10.1. The molecule has 2 amide bonds. The number of amides is 2. The van der Waals surface area contributed by atoms with E-state index in [4.69, 9.17) is 10.00 Å². The first-order chi connectivity index (χ1) is 8.71. The molecule has 0 radical (unpaired) electrons. The summed E-state index contributed by atoms with van der Waals surface area (Å²) in [5, 5.41) is 14.1. The number of hydrogen-bond donors (Lipinski definition) is 2. The Morgan fingerprint density at radius 1 is 1.44 bits per heavy atom. The number of rotatable bonds is 5. The molecule has 0 heterocycles. The number of nitrogens with zero attached hydrogens (tertiary/aromatic N) is 2. The van der Waals surface area contributed by atoms with Crippen LogP contribution in [0.15, 0.2) is 29.4 Å². The molecule has 2 N–H and O–H groups in total. The third-order valence-corrected chi connectivity index (χ3v) is 1.90. The number of hydrogen-bond acceptors (Lipinski definition) is 6. The van der Waals surface area contributed by atoms with Crippen LogP contribution in [0.4, 0.5) is 5.69 Å². The van der Waals surface area contributed by atoms with E-state index in [1.54, 1.807) is 30.3 Å². The van der Waals surface area contributed by atoms with Crippen molar-refractivity contribution in [2.75, 3.05) is 12.5 Å². The molecule has 0 aliphatic heterocycles. The largest absolute Gasteiger partial charge is 0.497 e. The van der Waals surface area contributed by atoms with Crippen LogP contribution in [0.2, 0.25) is 0 Å². The highest BCUT2D eigenvalue weighted by Gasteiger charge is 2.09. The molecule has 0 unspecified atom stereocenters. The van der Waals surface area contributed by atoms with Crippen molar-refractivity contribution in [3.05, 3.63) is 24.3 Å². The monoisotopic (exact) mass is 246 g/mol. The molecule has 0 aliphatic rings. The van der Waals surface area contributed by atoms with Crippen LogP contribution in [0.25, 0.3) is 0 Å². The van der Waals surface area contributed by atoms with Gasteiger partial charge in [-0.05, 0) is 24.3 Å². The summed E-state index contributed by atoms with van der Waals surface area (Å²) in [6.07, 6.45) is 0.183. The van der Waals surface area contributed by atoms with Crippen LogP contribution in [-0.4, -0.2) is 25.1 Å². The average molecular weight is 246 g/mol. The Hall–Kier alpha value is -2.88. The van der Waals surface area contributed by atoms with E-state index in [9.17, 15) is 9.59 Å². The van der Waals surface area contributed by atoms with Crippen molar-refractivity contribution in [3.8, 4) is 11.8 Å². The van der Waals surface area contributed by atoms with Crippen molar-refractivity contribution in [2.45, 2.75) is 0 Å². The van der Waals surface area contributed by atoms with Gasteiger partial charge in [-0.1, -0.05) is 0 Å². The molecule has 7 nitrogen and oxygen atoms in total. The average Bonchev–Trinajstić information content (AvgIpc) is 2.40. The second kappa shape index (κ2) is 6.65. The van der Waals surface area contributed by atoms with Crippen molar-refractivity contribution in [3.63, 3.8) is 0 Å². The van der Waals surface area contributed by atoms with Gasteiger partial charge in [0.2, 0.25) is 12.1 Å². The van der Waals surface area contributed by atoms with Crippen molar-refractivity contribution < 1.29 is 14.3 Å². The zero-order valence-electron chi connectivity index (χ0n) is 9.51. The molecular weight excluding hydrogens is 236 g/mol. The van der Waals surface area contributed by atoms with E-state index in [-0.39, 0.29) is 6.41 Å². The number of carbonyl (C=O) groups excluding carboxylic acids is 2. The summed E-state index contributed by atoms with van der Waals surface area (Å²) in [5.74, 6) is -0.197. The fourth-order valence-corrected chi connectivity index (χ4v) is 1.03. The van der Waals surface area contributed by atoms with E-state index in [1.165, 1.54) is 7.11 Å². The van der Waals surface area contributed by atoms with Crippen LogP contribution in [0.3, 0.4) is 0 Å².